The molecule has 0 N–H and O–H groups in total. The maximum Gasteiger partial charge on any atom is 0.491 e. The van der Waals surface area contributed by atoms with Crippen molar-refractivity contribution in [3.05, 3.63) is 71.0 Å². The molecule has 0 aromatic heterocycles. The number of carbonyl (C=O) groups is 2. The fraction of sp³-hybridized carbons (Fsp3) is 0.222. The third kappa shape index (κ3) is 3.54. The van der Waals surface area contributed by atoms with E-state index in [2.05, 4.69) is 4.74 Å². The number of hydrogen-bond acceptors (Lipinski definition) is 3. The van der Waals surface area contributed by atoms with Gasteiger partial charge in [-0.25, -0.2) is 14.0 Å². The number of hydrogen-bond donors (Lipinski definition) is 0. The Morgan fingerprint density at radius 2 is 1.69 bits per heavy atom. The zero-order chi connectivity index (χ0) is 18.9. The van der Waals surface area contributed by atoms with Gasteiger partial charge in [-0.3, -0.25) is 4.90 Å². The van der Waals surface area contributed by atoms with Crippen LogP contribution in [0, 0.1) is 5.82 Å². The first-order valence-electron chi connectivity index (χ1n) is 7.70. The Labute approximate surface area is 146 Å². The van der Waals surface area contributed by atoms with E-state index in [0.717, 1.165) is 10.5 Å². The number of esters is 1. The quantitative estimate of drug-likeness (QED) is 0.435. The predicted molar refractivity (Wildman–Crippen MR) is 82.6 cm³/mol. The first-order valence-corrected chi connectivity index (χ1v) is 7.70. The molecule has 1 amide bonds. The van der Waals surface area contributed by atoms with Crippen molar-refractivity contribution in [2.75, 3.05) is 6.54 Å². The van der Waals surface area contributed by atoms with Gasteiger partial charge in [-0.1, -0.05) is 36.4 Å². The molecule has 0 aliphatic carbocycles. The molecule has 8 heteroatoms. The van der Waals surface area contributed by atoms with Gasteiger partial charge in [-0.2, -0.15) is 13.2 Å². The summed E-state index contributed by atoms with van der Waals surface area (Å²) in [6.45, 7) is 0.0586. The Kier molecular flexibility index (Phi) is 4.67. The summed E-state index contributed by atoms with van der Waals surface area (Å²) in [5.41, 5.74) is 2.09. The SMILES string of the molecule is O=C(OC(=O)C(F)(F)F)N1CCc2ccccc2[C@@H]1c1ccc(F)cc1. The van der Waals surface area contributed by atoms with Crippen LogP contribution in [0.4, 0.5) is 22.4 Å². The van der Waals surface area contributed by atoms with Crippen LogP contribution in [-0.2, 0) is 16.0 Å². The molecule has 0 radical (unpaired) electrons. The van der Waals surface area contributed by atoms with Crippen LogP contribution in [0.25, 0.3) is 0 Å². The third-order valence-electron chi connectivity index (χ3n) is 4.12. The van der Waals surface area contributed by atoms with Gasteiger partial charge in [0.15, 0.2) is 0 Å². The molecule has 1 atom stereocenters. The number of benzene rings is 2. The Morgan fingerprint density at radius 1 is 1.04 bits per heavy atom. The lowest BCUT2D eigenvalue weighted by Crippen LogP contribution is -2.43. The van der Waals surface area contributed by atoms with E-state index in [4.69, 9.17) is 0 Å². The van der Waals surface area contributed by atoms with Gasteiger partial charge in [0.05, 0.1) is 6.04 Å². The fourth-order valence-electron chi connectivity index (χ4n) is 2.96. The van der Waals surface area contributed by atoms with E-state index in [9.17, 15) is 27.2 Å². The van der Waals surface area contributed by atoms with E-state index in [1.807, 2.05) is 12.1 Å². The van der Waals surface area contributed by atoms with Gasteiger partial charge in [0.1, 0.15) is 5.82 Å². The van der Waals surface area contributed by atoms with E-state index in [1.54, 1.807) is 12.1 Å². The second-order valence-corrected chi connectivity index (χ2v) is 5.75. The highest BCUT2D eigenvalue weighted by atomic mass is 19.4. The largest absolute Gasteiger partial charge is 0.491 e. The van der Waals surface area contributed by atoms with E-state index in [0.29, 0.717) is 17.5 Å². The number of ether oxygens (including phenoxy) is 1. The van der Waals surface area contributed by atoms with Crippen molar-refractivity contribution in [3.8, 4) is 0 Å². The summed E-state index contributed by atoms with van der Waals surface area (Å²) in [5.74, 6) is -3.06. The molecule has 1 heterocycles. The Hall–Kier alpha value is -2.90. The lowest BCUT2D eigenvalue weighted by molar-refractivity contribution is -0.194. The summed E-state index contributed by atoms with van der Waals surface area (Å²) >= 11 is 0. The van der Waals surface area contributed by atoms with E-state index in [1.165, 1.54) is 24.3 Å². The molecule has 1 aliphatic heterocycles. The van der Waals surface area contributed by atoms with Crippen molar-refractivity contribution in [3.63, 3.8) is 0 Å². The molecular weight excluding hydrogens is 354 g/mol. The summed E-state index contributed by atoms with van der Waals surface area (Å²) in [4.78, 5) is 24.3. The lowest BCUT2D eigenvalue weighted by atomic mass is 9.88. The number of nitrogens with zero attached hydrogens (tertiary/aromatic N) is 1. The van der Waals surface area contributed by atoms with Gasteiger partial charge in [-0.05, 0) is 35.2 Å². The van der Waals surface area contributed by atoms with Gasteiger partial charge >= 0.3 is 18.2 Å². The second kappa shape index (κ2) is 6.78. The average molecular weight is 367 g/mol. The monoisotopic (exact) mass is 367 g/mol. The van der Waals surface area contributed by atoms with Gasteiger partial charge in [0.25, 0.3) is 0 Å². The van der Waals surface area contributed by atoms with Crippen molar-refractivity contribution >= 4 is 12.1 Å². The lowest BCUT2D eigenvalue weighted by Gasteiger charge is -2.36. The molecule has 2 aromatic carbocycles. The molecule has 0 saturated heterocycles. The first-order chi connectivity index (χ1) is 12.3. The van der Waals surface area contributed by atoms with Crippen LogP contribution in [0.5, 0.6) is 0 Å². The fourth-order valence-corrected chi connectivity index (χ4v) is 2.96. The number of amides is 1. The minimum absolute atomic E-state index is 0.0586. The highest BCUT2D eigenvalue weighted by Crippen LogP contribution is 2.35. The summed E-state index contributed by atoms with van der Waals surface area (Å²) in [7, 11) is 0. The molecule has 0 bridgehead atoms. The molecule has 3 rings (SSSR count). The van der Waals surface area contributed by atoms with E-state index < -0.39 is 30.1 Å². The minimum Gasteiger partial charge on any atom is -0.369 e. The Bertz CT molecular complexity index is 833. The van der Waals surface area contributed by atoms with Crippen molar-refractivity contribution in [1.29, 1.82) is 0 Å². The maximum atomic E-state index is 13.2. The van der Waals surface area contributed by atoms with Crippen LogP contribution in [0.1, 0.15) is 22.7 Å². The molecule has 26 heavy (non-hydrogen) atoms. The number of halogens is 4. The molecule has 0 fully saturated rings. The van der Waals surface area contributed by atoms with Gasteiger partial charge in [-0.15, -0.1) is 0 Å². The first kappa shape index (κ1) is 17.9. The van der Waals surface area contributed by atoms with E-state index in [-0.39, 0.29) is 6.54 Å². The number of fused-ring (bicyclic) bond motifs is 1. The zero-order valence-electron chi connectivity index (χ0n) is 13.3. The number of alkyl halides is 3. The molecule has 0 unspecified atom stereocenters. The number of carbonyl (C=O) groups excluding carboxylic acids is 2. The van der Waals surface area contributed by atoms with Crippen molar-refractivity contribution in [2.45, 2.75) is 18.6 Å². The van der Waals surface area contributed by atoms with E-state index >= 15 is 0 Å². The zero-order valence-corrected chi connectivity index (χ0v) is 13.3. The molecule has 0 spiro atoms. The van der Waals surface area contributed by atoms with Crippen LogP contribution in [0.15, 0.2) is 48.5 Å². The highest BCUT2D eigenvalue weighted by molar-refractivity contribution is 5.88. The van der Waals surface area contributed by atoms with Gasteiger partial charge in [0, 0.05) is 6.54 Å². The molecule has 4 nitrogen and oxygen atoms in total. The maximum absolute atomic E-state index is 13.2. The predicted octanol–water partition coefficient (Wildman–Crippen LogP) is 4.00. The van der Waals surface area contributed by atoms with Crippen LogP contribution in [0.3, 0.4) is 0 Å². The van der Waals surface area contributed by atoms with Crippen LogP contribution in [0.2, 0.25) is 0 Å². The molecule has 136 valence electrons. The van der Waals surface area contributed by atoms with Crippen molar-refractivity contribution < 1.29 is 31.9 Å². The van der Waals surface area contributed by atoms with Crippen LogP contribution in [-0.4, -0.2) is 29.7 Å². The normalized spacial score (nSPS) is 16.8. The summed E-state index contributed by atoms with van der Waals surface area (Å²) < 4.78 is 54.4. The van der Waals surface area contributed by atoms with Gasteiger partial charge < -0.3 is 4.74 Å². The molecule has 2 aromatic rings. The minimum atomic E-state index is -5.27. The molecule has 1 aliphatic rings. The molecular formula is C18H13F4NO3. The van der Waals surface area contributed by atoms with Crippen molar-refractivity contribution in [2.24, 2.45) is 0 Å². The highest BCUT2D eigenvalue weighted by Gasteiger charge is 2.44. The summed E-state index contributed by atoms with van der Waals surface area (Å²) in [6.07, 6.45) is -6.27. The number of rotatable bonds is 1. The summed E-state index contributed by atoms with van der Waals surface area (Å²) in [6, 6.07) is 11.6. The molecule has 0 saturated carbocycles. The topological polar surface area (TPSA) is 46.6 Å². The van der Waals surface area contributed by atoms with Crippen LogP contribution < -0.4 is 0 Å². The van der Waals surface area contributed by atoms with Crippen LogP contribution >= 0.6 is 0 Å². The Morgan fingerprint density at radius 3 is 2.35 bits per heavy atom. The van der Waals surface area contributed by atoms with Crippen molar-refractivity contribution in [1.82, 2.24) is 4.90 Å². The van der Waals surface area contributed by atoms with Gasteiger partial charge in [0.2, 0.25) is 0 Å². The summed E-state index contributed by atoms with van der Waals surface area (Å²) in [5, 5.41) is 0. The smallest absolute Gasteiger partial charge is 0.369 e. The third-order valence-corrected chi connectivity index (χ3v) is 4.12. The second-order valence-electron chi connectivity index (χ2n) is 5.75. The standard InChI is InChI=1S/C18H13F4NO3/c19-13-7-5-12(6-8-13)15-14-4-2-1-3-11(14)9-10-23(15)17(25)26-16(24)18(20,21)22/h1-8,15H,9-10H2/t15-/m0/s1. The Balaban J connectivity index is 1.97. The average Bonchev–Trinajstić information content (AvgIpc) is 2.60.